The Balaban J connectivity index is 0.000000963. The molecule has 1 N–H and O–H groups in total. The normalized spacial score (nSPS) is 19.6. The van der Waals surface area contributed by atoms with Crippen LogP contribution >= 0.6 is 35.5 Å². The first kappa shape index (κ1) is 11.9. The van der Waals surface area contributed by atoms with Crippen molar-refractivity contribution in [1.82, 2.24) is 15.5 Å². The molecule has 3 heterocycles. The number of nitrogens with one attached hydrogen (secondary N) is 1. The van der Waals surface area contributed by atoms with E-state index < -0.39 is 0 Å². The summed E-state index contributed by atoms with van der Waals surface area (Å²) in [5.74, 6) is 3.36. The first-order valence-electron chi connectivity index (χ1n) is 4.62. The molecule has 0 bridgehead atoms. The lowest BCUT2D eigenvalue weighted by molar-refractivity contribution is 0.351. The van der Waals surface area contributed by atoms with Crippen molar-refractivity contribution < 1.29 is 4.52 Å². The predicted molar refractivity (Wildman–Crippen MR) is 68.1 cm³/mol. The van der Waals surface area contributed by atoms with Gasteiger partial charge in [-0.2, -0.15) is 4.98 Å². The van der Waals surface area contributed by atoms with E-state index in [0.717, 1.165) is 16.5 Å². The topological polar surface area (TPSA) is 51.0 Å². The molecule has 0 radical (unpaired) electrons. The Kier molecular flexibility index (Phi) is 3.86. The van der Waals surface area contributed by atoms with Crippen LogP contribution in [0.25, 0.3) is 10.7 Å². The number of hydrogen-bond acceptors (Lipinski definition) is 6. The summed E-state index contributed by atoms with van der Waals surface area (Å²) in [5.41, 5.74) is 0. The van der Waals surface area contributed by atoms with Gasteiger partial charge in [-0.3, -0.25) is 5.32 Å². The third-order valence-electron chi connectivity index (χ3n) is 2.20. The van der Waals surface area contributed by atoms with Gasteiger partial charge in [0.15, 0.2) is 0 Å². The molecule has 1 saturated heterocycles. The number of nitrogens with zero attached hydrogens (tertiary/aromatic N) is 2. The van der Waals surface area contributed by atoms with Crippen LogP contribution in [0.2, 0.25) is 0 Å². The second-order valence-corrected chi connectivity index (χ2v) is 5.18. The first-order valence-corrected chi connectivity index (χ1v) is 6.65. The van der Waals surface area contributed by atoms with Crippen molar-refractivity contribution >= 4 is 35.5 Å². The Morgan fingerprint density at radius 3 is 3.12 bits per heavy atom. The number of halogens is 1. The minimum Gasteiger partial charge on any atom is -0.337 e. The highest BCUT2D eigenvalue weighted by molar-refractivity contribution is 7.99. The van der Waals surface area contributed by atoms with Crippen molar-refractivity contribution in [2.45, 2.75) is 6.04 Å². The Hall–Kier alpha value is -0.560. The summed E-state index contributed by atoms with van der Waals surface area (Å²) >= 11 is 3.47. The molecule has 7 heteroatoms. The molecular formula is C9H10ClN3OS2. The molecule has 1 aliphatic rings. The van der Waals surface area contributed by atoms with Crippen LogP contribution in [0.1, 0.15) is 11.9 Å². The van der Waals surface area contributed by atoms with E-state index in [1.807, 2.05) is 29.3 Å². The summed E-state index contributed by atoms with van der Waals surface area (Å²) in [5, 5.41) is 9.29. The van der Waals surface area contributed by atoms with Crippen LogP contribution in [0, 0.1) is 0 Å². The highest BCUT2D eigenvalue weighted by atomic mass is 35.5. The van der Waals surface area contributed by atoms with Crippen molar-refractivity contribution in [3.8, 4) is 10.7 Å². The summed E-state index contributed by atoms with van der Waals surface area (Å²) in [6.45, 7) is 0. The van der Waals surface area contributed by atoms with Gasteiger partial charge in [-0.1, -0.05) is 11.2 Å². The van der Waals surface area contributed by atoms with E-state index in [0.29, 0.717) is 11.7 Å². The third kappa shape index (κ3) is 2.24. The molecule has 1 atom stereocenters. The van der Waals surface area contributed by atoms with Gasteiger partial charge in [0.05, 0.1) is 10.9 Å². The van der Waals surface area contributed by atoms with Crippen molar-refractivity contribution in [1.29, 1.82) is 0 Å². The molecule has 0 aromatic carbocycles. The molecule has 86 valence electrons. The van der Waals surface area contributed by atoms with Gasteiger partial charge < -0.3 is 4.52 Å². The summed E-state index contributed by atoms with van der Waals surface area (Å²) in [6, 6.07) is 4.20. The minimum absolute atomic E-state index is 0. The van der Waals surface area contributed by atoms with Crippen molar-refractivity contribution in [2.75, 3.05) is 11.6 Å². The molecule has 0 spiro atoms. The van der Waals surface area contributed by atoms with Gasteiger partial charge in [-0.05, 0) is 11.4 Å². The zero-order valence-electron chi connectivity index (χ0n) is 8.25. The molecule has 0 aliphatic carbocycles. The molecule has 16 heavy (non-hydrogen) atoms. The van der Waals surface area contributed by atoms with Crippen molar-refractivity contribution in [3.63, 3.8) is 0 Å². The lowest BCUT2D eigenvalue weighted by Gasteiger charge is -1.99. The van der Waals surface area contributed by atoms with E-state index in [9.17, 15) is 0 Å². The Labute approximate surface area is 107 Å². The first-order chi connectivity index (χ1) is 7.43. The van der Waals surface area contributed by atoms with Crippen LogP contribution in [0.5, 0.6) is 0 Å². The maximum absolute atomic E-state index is 5.24. The Morgan fingerprint density at radius 1 is 1.50 bits per heavy atom. The summed E-state index contributed by atoms with van der Waals surface area (Å²) in [7, 11) is 0. The molecular weight excluding hydrogens is 266 g/mol. The van der Waals surface area contributed by atoms with Gasteiger partial charge in [0.25, 0.3) is 0 Å². The van der Waals surface area contributed by atoms with E-state index in [1.54, 1.807) is 11.3 Å². The van der Waals surface area contributed by atoms with Gasteiger partial charge >= 0.3 is 0 Å². The molecule has 2 aromatic heterocycles. The number of aromatic nitrogens is 2. The fraction of sp³-hybridized carbons (Fsp3) is 0.333. The molecule has 4 nitrogen and oxygen atoms in total. The largest absolute Gasteiger partial charge is 0.337 e. The maximum Gasteiger partial charge on any atom is 0.245 e. The molecule has 0 saturated carbocycles. The lowest BCUT2D eigenvalue weighted by atomic mass is 10.3. The number of thioether (sulfide) groups is 1. The van der Waals surface area contributed by atoms with Gasteiger partial charge in [0.2, 0.25) is 11.7 Å². The fourth-order valence-corrected chi connectivity index (χ4v) is 3.02. The van der Waals surface area contributed by atoms with Crippen LogP contribution in [0.15, 0.2) is 22.0 Å². The molecule has 3 rings (SSSR count). The molecule has 0 amide bonds. The zero-order valence-corrected chi connectivity index (χ0v) is 10.7. The minimum atomic E-state index is 0. The smallest absolute Gasteiger partial charge is 0.245 e. The SMILES string of the molecule is Cl.c1csc(-c2noc(C3CSCN3)n2)c1. The quantitative estimate of drug-likeness (QED) is 0.913. The number of rotatable bonds is 2. The van der Waals surface area contributed by atoms with Crippen LogP contribution in [0.3, 0.4) is 0 Å². The zero-order chi connectivity index (χ0) is 10.1. The highest BCUT2D eigenvalue weighted by Crippen LogP contribution is 2.26. The molecule has 2 aromatic rings. The van der Waals surface area contributed by atoms with Gasteiger partial charge in [0, 0.05) is 11.6 Å². The van der Waals surface area contributed by atoms with Crippen LogP contribution in [-0.2, 0) is 0 Å². The second kappa shape index (κ2) is 5.18. The Bertz CT molecular complexity index is 439. The van der Waals surface area contributed by atoms with Crippen molar-refractivity contribution in [3.05, 3.63) is 23.4 Å². The van der Waals surface area contributed by atoms with Gasteiger partial charge in [-0.25, -0.2) is 0 Å². The third-order valence-corrected chi connectivity index (χ3v) is 4.00. The average Bonchev–Trinajstić information content (AvgIpc) is 3.02. The average molecular weight is 276 g/mol. The molecule has 1 unspecified atom stereocenters. The lowest BCUT2D eigenvalue weighted by Crippen LogP contribution is -2.14. The maximum atomic E-state index is 5.24. The molecule has 1 aliphatic heterocycles. The highest BCUT2D eigenvalue weighted by Gasteiger charge is 2.23. The van der Waals surface area contributed by atoms with E-state index in [1.165, 1.54) is 0 Å². The van der Waals surface area contributed by atoms with Crippen LogP contribution in [0.4, 0.5) is 0 Å². The number of thiophene rings is 1. The fourth-order valence-electron chi connectivity index (χ4n) is 1.44. The number of hydrogen-bond donors (Lipinski definition) is 1. The second-order valence-electron chi connectivity index (χ2n) is 3.21. The summed E-state index contributed by atoms with van der Waals surface area (Å²) < 4.78 is 5.24. The van der Waals surface area contributed by atoms with Gasteiger partial charge in [0.1, 0.15) is 0 Å². The van der Waals surface area contributed by atoms with E-state index in [4.69, 9.17) is 4.52 Å². The van der Waals surface area contributed by atoms with Crippen LogP contribution < -0.4 is 5.32 Å². The molecule has 1 fully saturated rings. The van der Waals surface area contributed by atoms with E-state index in [-0.39, 0.29) is 18.4 Å². The van der Waals surface area contributed by atoms with Gasteiger partial charge in [-0.15, -0.1) is 35.5 Å². The summed E-state index contributed by atoms with van der Waals surface area (Å²) in [4.78, 5) is 5.44. The van der Waals surface area contributed by atoms with E-state index >= 15 is 0 Å². The monoisotopic (exact) mass is 275 g/mol. The standard InChI is InChI=1S/C9H9N3OS2.ClH/c1-2-7(15-3-1)8-11-9(13-12-8)6-4-14-5-10-6;/h1-3,6,10H,4-5H2;1H. The van der Waals surface area contributed by atoms with Crippen molar-refractivity contribution in [2.24, 2.45) is 0 Å². The Morgan fingerprint density at radius 2 is 2.44 bits per heavy atom. The summed E-state index contributed by atoms with van der Waals surface area (Å²) in [6.07, 6.45) is 0. The van der Waals surface area contributed by atoms with E-state index in [2.05, 4.69) is 15.5 Å². The predicted octanol–water partition coefficient (Wildman–Crippen LogP) is 2.55. The van der Waals surface area contributed by atoms with Crippen LogP contribution in [-0.4, -0.2) is 21.8 Å².